The van der Waals surface area contributed by atoms with Gasteiger partial charge < -0.3 is 19.4 Å². The summed E-state index contributed by atoms with van der Waals surface area (Å²) in [6.07, 6.45) is 0. The van der Waals surface area contributed by atoms with Crippen LogP contribution in [0.3, 0.4) is 0 Å². The lowest BCUT2D eigenvalue weighted by atomic mass is 10.2. The Hall–Kier alpha value is -2.71. The number of hydrogen-bond acceptors (Lipinski definition) is 6. The molecule has 1 heterocycles. The predicted octanol–water partition coefficient (Wildman–Crippen LogP) is 4.37. The number of anilines is 1. The van der Waals surface area contributed by atoms with Crippen molar-refractivity contribution in [1.29, 1.82) is 0 Å². The summed E-state index contributed by atoms with van der Waals surface area (Å²) in [5.41, 5.74) is 1.43. The molecule has 0 saturated carbocycles. The first-order chi connectivity index (χ1) is 14.0. The fourth-order valence-electron chi connectivity index (χ4n) is 2.75. The minimum Gasteiger partial charge on any atom is -0.497 e. The minimum absolute atomic E-state index is 0.173. The minimum atomic E-state index is -0.191. The average Bonchev–Trinajstić information content (AvgIpc) is 3.15. The summed E-state index contributed by atoms with van der Waals surface area (Å²) >= 11 is 7.32. The number of hydrogen-bond donors (Lipinski definition) is 1. The topological polar surface area (TPSA) is 78.3 Å². The van der Waals surface area contributed by atoms with Crippen LogP contribution in [0.15, 0.2) is 47.6 Å². The molecule has 0 aliphatic heterocycles. The van der Waals surface area contributed by atoms with Crippen molar-refractivity contribution in [2.45, 2.75) is 18.6 Å². The maximum Gasteiger partial charge on any atom is 0.234 e. The van der Waals surface area contributed by atoms with Crippen molar-refractivity contribution in [3.63, 3.8) is 0 Å². The molecule has 0 radical (unpaired) electrons. The molecule has 0 saturated heterocycles. The molecular formula is C20H21ClN4O3S. The molecule has 1 amide bonds. The molecule has 0 unspecified atom stereocenters. The molecule has 0 bridgehead atoms. The summed E-state index contributed by atoms with van der Waals surface area (Å²) in [6.45, 7) is 2.68. The van der Waals surface area contributed by atoms with Crippen LogP contribution in [-0.2, 0) is 11.3 Å². The first-order valence-corrected chi connectivity index (χ1v) is 10.3. The standard InChI is InChI=1S/C20H21ClN4O3S/c1-4-25-19(13-6-5-7-15(10-13)27-2)23-24-20(25)29-12-18(26)22-16-11-14(21)8-9-17(16)28-3/h5-11H,4,12H2,1-3H3,(H,22,26). The highest BCUT2D eigenvalue weighted by Crippen LogP contribution is 2.29. The summed E-state index contributed by atoms with van der Waals surface area (Å²) in [4.78, 5) is 12.4. The molecule has 9 heteroatoms. The number of ether oxygens (including phenoxy) is 2. The Morgan fingerprint density at radius 3 is 2.72 bits per heavy atom. The van der Waals surface area contributed by atoms with Crippen LogP contribution in [0.4, 0.5) is 5.69 Å². The zero-order chi connectivity index (χ0) is 20.8. The normalized spacial score (nSPS) is 10.6. The molecular weight excluding hydrogens is 412 g/mol. The zero-order valence-electron chi connectivity index (χ0n) is 16.3. The van der Waals surface area contributed by atoms with E-state index in [2.05, 4.69) is 15.5 Å². The molecule has 3 rings (SSSR count). The monoisotopic (exact) mass is 432 g/mol. The number of nitrogens with one attached hydrogen (secondary N) is 1. The quantitative estimate of drug-likeness (QED) is 0.532. The number of aromatic nitrogens is 3. The van der Waals surface area contributed by atoms with E-state index in [0.717, 1.165) is 17.1 Å². The molecule has 2 aromatic carbocycles. The lowest BCUT2D eigenvalue weighted by Gasteiger charge is -2.11. The third-order valence-corrected chi connectivity index (χ3v) is 5.33. The van der Waals surface area contributed by atoms with Gasteiger partial charge in [-0.25, -0.2) is 0 Å². The third-order valence-electron chi connectivity index (χ3n) is 4.13. The SMILES string of the molecule is CCn1c(SCC(=O)Nc2cc(Cl)ccc2OC)nnc1-c1cccc(OC)c1. The smallest absolute Gasteiger partial charge is 0.234 e. The van der Waals surface area contributed by atoms with E-state index in [1.807, 2.05) is 35.8 Å². The van der Waals surface area contributed by atoms with Crippen LogP contribution in [0.25, 0.3) is 11.4 Å². The van der Waals surface area contributed by atoms with Crippen LogP contribution in [0, 0.1) is 0 Å². The fourth-order valence-corrected chi connectivity index (χ4v) is 3.72. The van der Waals surface area contributed by atoms with E-state index in [1.54, 1.807) is 25.3 Å². The molecule has 152 valence electrons. The third kappa shape index (κ3) is 5.02. The van der Waals surface area contributed by atoms with Crippen LogP contribution < -0.4 is 14.8 Å². The Labute approximate surface area is 178 Å². The molecule has 0 fully saturated rings. The van der Waals surface area contributed by atoms with Gasteiger partial charge in [-0.3, -0.25) is 4.79 Å². The number of halogens is 1. The maximum absolute atomic E-state index is 12.4. The van der Waals surface area contributed by atoms with Crippen LogP contribution >= 0.6 is 23.4 Å². The van der Waals surface area contributed by atoms with E-state index in [1.165, 1.54) is 18.9 Å². The first-order valence-electron chi connectivity index (χ1n) is 8.89. The van der Waals surface area contributed by atoms with E-state index in [4.69, 9.17) is 21.1 Å². The lowest BCUT2D eigenvalue weighted by Crippen LogP contribution is -2.15. The number of amides is 1. The van der Waals surface area contributed by atoms with Gasteiger partial charge in [0.05, 0.1) is 25.7 Å². The van der Waals surface area contributed by atoms with Crippen molar-refractivity contribution < 1.29 is 14.3 Å². The van der Waals surface area contributed by atoms with E-state index < -0.39 is 0 Å². The van der Waals surface area contributed by atoms with Crippen molar-refractivity contribution in [2.75, 3.05) is 25.3 Å². The van der Waals surface area contributed by atoms with Crippen molar-refractivity contribution in [3.8, 4) is 22.9 Å². The van der Waals surface area contributed by atoms with Gasteiger partial charge in [0.25, 0.3) is 0 Å². The molecule has 29 heavy (non-hydrogen) atoms. The van der Waals surface area contributed by atoms with Gasteiger partial charge in [0.15, 0.2) is 11.0 Å². The van der Waals surface area contributed by atoms with Gasteiger partial charge in [-0.2, -0.15) is 0 Å². The largest absolute Gasteiger partial charge is 0.497 e. The van der Waals surface area contributed by atoms with E-state index in [0.29, 0.717) is 28.2 Å². The zero-order valence-corrected chi connectivity index (χ0v) is 17.9. The molecule has 0 aliphatic carbocycles. The summed E-state index contributed by atoms with van der Waals surface area (Å²) < 4.78 is 12.5. The van der Waals surface area contributed by atoms with Gasteiger partial charge in [0.2, 0.25) is 5.91 Å². The number of thioether (sulfide) groups is 1. The van der Waals surface area contributed by atoms with Crippen LogP contribution in [0.1, 0.15) is 6.92 Å². The number of rotatable bonds is 8. The molecule has 0 aliphatic rings. The Morgan fingerprint density at radius 1 is 1.17 bits per heavy atom. The summed E-state index contributed by atoms with van der Waals surface area (Å²) in [7, 11) is 3.16. The second-order valence-corrected chi connectivity index (χ2v) is 7.34. The molecule has 0 spiro atoms. The van der Waals surface area contributed by atoms with Gasteiger partial charge in [-0.15, -0.1) is 10.2 Å². The molecule has 0 atom stereocenters. The summed E-state index contributed by atoms with van der Waals surface area (Å²) in [6, 6.07) is 12.7. The van der Waals surface area contributed by atoms with Crippen molar-refractivity contribution in [1.82, 2.24) is 14.8 Å². The predicted molar refractivity (Wildman–Crippen MR) is 115 cm³/mol. The molecule has 7 nitrogen and oxygen atoms in total. The Morgan fingerprint density at radius 2 is 2.00 bits per heavy atom. The van der Waals surface area contributed by atoms with Gasteiger partial charge in [0.1, 0.15) is 11.5 Å². The van der Waals surface area contributed by atoms with Gasteiger partial charge in [0, 0.05) is 17.1 Å². The van der Waals surface area contributed by atoms with Crippen LogP contribution in [0.5, 0.6) is 11.5 Å². The van der Waals surface area contributed by atoms with E-state index in [9.17, 15) is 4.79 Å². The second kappa shape index (κ2) is 9.67. The van der Waals surface area contributed by atoms with E-state index in [-0.39, 0.29) is 11.7 Å². The van der Waals surface area contributed by atoms with Crippen molar-refractivity contribution in [2.24, 2.45) is 0 Å². The molecule has 1 aromatic heterocycles. The molecule has 3 aromatic rings. The summed E-state index contributed by atoms with van der Waals surface area (Å²) in [5.74, 6) is 2.00. The number of carbonyl (C=O) groups excluding carboxylic acids is 1. The second-order valence-electron chi connectivity index (χ2n) is 5.96. The Bertz CT molecular complexity index is 1010. The van der Waals surface area contributed by atoms with Gasteiger partial charge in [-0.05, 0) is 37.3 Å². The van der Waals surface area contributed by atoms with Crippen LogP contribution in [-0.4, -0.2) is 40.6 Å². The highest BCUT2D eigenvalue weighted by molar-refractivity contribution is 7.99. The highest BCUT2D eigenvalue weighted by atomic mass is 35.5. The number of carbonyl (C=O) groups is 1. The average molecular weight is 433 g/mol. The van der Waals surface area contributed by atoms with Gasteiger partial charge >= 0.3 is 0 Å². The Balaban J connectivity index is 1.72. The molecule has 1 N–H and O–H groups in total. The summed E-state index contributed by atoms with van der Waals surface area (Å²) in [5, 5.41) is 12.6. The first kappa shape index (κ1) is 21.0. The van der Waals surface area contributed by atoms with E-state index >= 15 is 0 Å². The number of benzene rings is 2. The lowest BCUT2D eigenvalue weighted by molar-refractivity contribution is -0.113. The van der Waals surface area contributed by atoms with Crippen LogP contribution in [0.2, 0.25) is 5.02 Å². The fraction of sp³-hybridized carbons (Fsp3) is 0.250. The Kier molecular flexibility index (Phi) is 7.00. The highest BCUT2D eigenvalue weighted by Gasteiger charge is 2.16. The van der Waals surface area contributed by atoms with Crippen molar-refractivity contribution in [3.05, 3.63) is 47.5 Å². The van der Waals surface area contributed by atoms with Gasteiger partial charge in [-0.1, -0.05) is 35.5 Å². The number of nitrogens with zero attached hydrogens (tertiary/aromatic N) is 3. The maximum atomic E-state index is 12.4. The van der Waals surface area contributed by atoms with Crippen molar-refractivity contribution >= 4 is 35.0 Å². The number of methoxy groups -OCH3 is 2.